The lowest BCUT2D eigenvalue weighted by Gasteiger charge is -2.12. The third kappa shape index (κ3) is 2.63. The minimum atomic E-state index is -3.78. The van der Waals surface area contributed by atoms with Crippen molar-refractivity contribution in [2.24, 2.45) is 0 Å². The molecule has 0 saturated carbocycles. The molecule has 19 heavy (non-hydrogen) atoms. The van der Waals surface area contributed by atoms with Crippen LogP contribution < -0.4 is 11.5 Å². The van der Waals surface area contributed by atoms with Crippen LogP contribution in [0.4, 0.5) is 11.4 Å². The maximum Gasteiger partial charge on any atom is 0.211 e. The molecule has 4 N–H and O–H groups in total. The quantitative estimate of drug-likeness (QED) is 0.751. The molecule has 100 valence electrons. The fraction of sp³-hybridized carbons (Fsp3) is 0. The van der Waals surface area contributed by atoms with Gasteiger partial charge in [-0.15, -0.1) is 0 Å². The molecule has 0 aliphatic rings. The summed E-state index contributed by atoms with van der Waals surface area (Å²) in [7, 11) is -3.78. The number of sulfone groups is 1. The van der Waals surface area contributed by atoms with Crippen molar-refractivity contribution in [2.75, 3.05) is 11.5 Å². The molecular weight excluding hydrogens is 396 g/mol. The summed E-state index contributed by atoms with van der Waals surface area (Å²) in [5.74, 6) is 0. The Bertz CT molecular complexity index is 725. The van der Waals surface area contributed by atoms with Crippen LogP contribution in [0.1, 0.15) is 0 Å². The lowest BCUT2D eigenvalue weighted by Crippen LogP contribution is -2.09. The van der Waals surface area contributed by atoms with E-state index in [2.05, 4.69) is 31.9 Å². The first-order chi connectivity index (χ1) is 8.84. The van der Waals surface area contributed by atoms with E-state index in [0.717, 1.165) is 0 Å². The van der Waals surface area contributed by atoms with Crippen LogP contribution in [0.5, 0.6) is 0 Å². The van der Waals surface area contributed by atoms with E-state index < -0.39 is 9.84 Å². The fourth-order valence-electron chi connectivity index (χ4n) is 1.68. The van der Waals surface area contributed by atoms with Gasteiger partial charge >= 0.3 is 0 Å². The molecule has 0 fully saturated rings. The Morgan fingerprint density at radius 3 is 2.11 bits per heavy atom. The number of hydrogen-bond acceptors (Lipinski definition) is 4. The van der Waals surface area contributed by atoms with Gasteiger partial charge in [0.2, 0.25) is 9.84 Å². The van der Waals surface area contributed by atoms with E-state index in [1.165, 1.54) is 18.2 Å². The Balaban J connectivity index is 2.77. The average Bonchev–Trinajstić information content (AvgIpc) is 2.31. The number of nitrogens with two attached hydrogens (primary N) is 2. The molecule has 0 radical (unpaired) electrons. The molecule has 0 bridgehead atoms. The van der Waals surface area contributed by atoms with Crippen molar-refractivity contribution < 1.29 is 8.42 Å². The lowest BCUT2D eigenvalue weighted by atomic mass is 10.3. The van der Waals surface area contributed by atoms with E-state index in [1.807, 2.05) is 0 Å². The number of halogens is 2. The van der Waals surface area contributed by atoms with E-state index in [-0.39, 0.29) is 21.2 Å². The highest BCUT2D eigenvalue weighted by atomic mass is 79.9. The van der Waals surface area contributed by atoms with E-state index in [0.29, 0.717) is 8.95 Å². The molecule has 0 aliphatic heterocycles. The Kier molecular flexibility index (Phi) is 3.89. The Morgan fingerprint density at radius 1 is 0.947 bits per heavy atom. The van der Waals surface area contributed by atoms with Crippen LogP contribution in [0.2, 0.25) is 0 Å². The predicted molar refractivity (Wildman–Crippen MR) is 82.6 cm³/mol. The van der Waals surface area contributed by atoms with Gasteiger partial charge in [0.05, 0.1) is 16.3 Å². The van der Waals surface area contributed by atoms with Gasteiger partial charge in [-0.25, -0.2) is 8.42 Å². The molecule has 0 aliphatic carbocycles. The van der Waals surface area contributed by atoms with Crippen LogP contribution in [0.15, 0.2) is 55.1 Å². The molecule has 0 unspecified atom stereocenters. The van der Waals surface area contributed by atoms with Gasteiger partial charge in [-0.3, -0.25) is 0 Å². The molecule has 2 rings (SSSR count). The number of rotatable bonds is 2. The van der Waals surface area contributed by atoms with Gasteiger partial charge in [0.15, 0.2) is 0 Å². The summed E-state index contributed by atoms with van der Waals surface area (Å²) in [4.78, 5) is 0.0558. The van der Waals surface area contributed by atoms with Gasteiger partial charge in [0, 0.05) is 8.95 Å². The van der Waals surface area contributed by atoms with Crippen LogP contribution >= 0.6 is 31.9 Å². The molecule has 0 heterocycles. The molecule has 0 amide bonds. The van der Waals surface area contributed by atoms with Crippen LogP contribution in [0, 0.1) is 0 Å². The summed E-state index contributed by atoms with van der Waals surface area (Å²) < 4.78 is 26.4. The van der Waals surface area contributed by atoms with Crippen LogP contribution in [-0.2, 0) is 9.84 Å². The van der Waals surface area contributed by atoms with Crippen LogP contribution in [0.25, 0.3) is 0 Å². The minimum absolute atomic E-state index is 0.0613. The highest BCUT2D eigenvalue weighted by molar-refractivity contribution is 9.11. The zero-order chi connectivity index (χ0) is 14.2. The second-order valence-electron chi connectivity index (χ2n) is 3.84. The van der Waals surface area contributed by atoms with Crippen molar-refractivity contribution in [3.05, 3.63) is 45.3 Å². The predicted octanol–water partition coefficient (Wildman–Crippen LogP) is 3.21. The van der Waals surface area contributed by atoms with Crippen molar-refractivity contribution in [3.8, 4) is 0 Å². The van der Waals surface area contributed by atoms with E-state index in [4.69, 9.17) is 11.5 Å². The zero-order valence-electron chi connectivity index (χ0n) is 9.60. The van der Waals surface area contributed by atoms with Gasteiger partial charge in [0.1, 0.15) is 4.90 Å². The first kappa shape index (κ1) is 14.4. The molecule has 0 saturated heterocycles. The minimum Gasteiger partial charge on any atom is -0.398 e. The van der Waals surface area contributed by atoms with Gasteiger partial charge in [-0.05, 0) is 46.3 Å². The van der Waals surface area contributed by atoms with Gasteiger partial charge in [-0.1, -0.05) is 22.0 Å². The number of anilines is 2. The van der Waals surface area contributed by atoms with Gasteiger partial charge < -0.3 is 11.5 Å². The Labute approximate surface area is 128 Å². The van der Waals surface area contributed by atoms with Gasteiger partial charge in [-0.2, -0.15) is 0 Å². The van der Waals surface area contributed by atoms with Crippen molar-refractivity contribution in [1.82, 2.24) is 0 Å². The first-order valence-electron chi connectivity index (χ1n) is 5.18. The molecule has 2 aromatic carbocycles. The molecule has 0 aromatic heterocycles. The fourth-order valence-corrected chi connectivity index (χ4v) is 4.66. The maximum atomic E-state index is 12.6. The highest BCUT2D eigenvalue weighted by Gasteiger charge is 2.25. The summed E-state index contributed by atoms with van der Waals surface area (Å²) in [6.45, 7) is 0. The summed E-state index contributed by atoms with van der Waals surface area (Å²) >= 11 is 6.48. The number of benzene rings is 2. The Hall–Kier alpha value is -1.05. The van der Waals surface area contributed by atoms with Crippen LogP contribution in [-0.4, -0.2) is 8.42 Å². The summed E-state index contributed by atoms with van der Waals surface area (Å²) in [5, 5.41) is 0. The average molecular weight is 406 g/mol. The monoisotopic (exact) mass is 404 g/mol. The number of nitrogen functional groups attached to an aromatic ring is 2. The van der Waals surface area contributed by atoms with E-state index in [9.17, 15) is 8.42 Å². The summed E-state index contributed by atoms with van der Waals surface area (Å²) in [6, 6.07) is 9.52. The standard InChI is InChI=1S/C12H10Br2N2O2S/c13-7-4-5-8(14)11(6-7)19(17,18)12-9(15)2-1-3-10(12)16/h1-6H,15-16H2. The van der Waals surface area contributed by atoms with Crippen molar-refractivity contribution in [2.45, 2.75) is 9.79 Å². The smallest absolute Gasteiger partial charge is 0.211 e. The maximum absolute atomic E-state index is 12.6. The van der Waals surface area contributed by atoms with Gasteiger partial charge in [0.25, 0.3) is 0 Å². The SMILES string of the molecule is Nc1cccc(N)c1S(=O)(=O)c1cc(Br)ccc1Br. The highest BCUT2D eigenvalue weighted by Crippen LogP contribution is 2.35. The molecule has 0 atom stereocenters. The normalized spacial score (nSPS) is 11.5. The van der Waals surface area contributed by atoms with Crippen molar-refractivity contribution in [1.29, 1.82) is 0 Å². The second-order valence-corrected chi connectivity index (χ2v) is 7.47. The third-order valence-electron chi connectivity index (χ3n) is 2.53. The van der Waals surface area contributed by atoms with E-state index in [1.54, 1.807) is 18.2 Å². The molecular formula is C12H10Br2N2O2S. The summed E-state index contributed by atoms with van der Waals surface area (Å²) in [6.07, 6.45) is 0. The largest absolute Gasteiger partial charge is 0.398 e. The molecule has 7 heteroatoms. The van der Waals surface area contributed by atoms with E-state index >= 15 is 0 Å². The number of hydrogen-bond donors (Lipinski definition) is 2. The first-order valence-corrected chi connectivity index (χ1v) is 8.25. The molecule has 2 aromatic rings. The third-order valence-corrected chi connectivity index (χ3v) is 5.90. The lowest BCUT2D eigenvalue weighted by molar-refractivity contribution is 0.596. The van der Waals surface area contributed by atoms with Crippen LogP contribution in [0.3, 0.4) is 0 Å². The molecule has 0 spiro atoms. The summed E-state index contributed by atoms with van der Waals surface area (Å²) in [5.41, 5.74) is 11.8. The van der Waals surface area contributed by atoms with Crippen molar-refractivity contribution >= 4 is 53.1 Å². The topological polar surface area (TPSA) is 86.2 Å². The zero-order valence-corrected chi connectivity index (χ0v) is 13.6. The second kappa shape index (κ2) is 5.15. The van der Waals surface area contributed by atoms with Crippen molar-refractivity contribution in [3.63, 3.8) is 0 Å². The molecule has 4 nitrogen and oxygen atoms in total. The Morgan fingerprint density at radius 2 is 1.53 bits per heavy atom.